The standard InChI is InChI=1S/C16H18N2O2/c17-15(13-4-2-1-3-5-13)10-12-6-8-14(9-7-12)20-11-16(18)19/h1-9,15H,10-11,17H2,(H2,18,19). The molecule has 4 nitrogen and oxygen atoms in total. The summed E-state index contributed by atoms with van der Waals surface area (Å²) in [6, 6.07) is 17.5. The summed E-state index contributed by atoms with van der Waals surface area (Å²) in [5, 5.41) is 0. The summed E-state index contributed by atoms with van der Waals surface area (Å²) in [6.45, 7) is -0.108. The van der Waals surface area contributed by atoms with E-state index in [2.05, 4.69) is 0 Å². The highest BCUT2D eigenvalue weighted by Gasteiger charge is 2.06. The van der Waals surface area contributed by atoms with Gasteiger partial charge in [-0.2, -0.15) is 0 Å². The van der Waals surface area contributed by atoms with E-state index in [9.17, 15) is 4.79 Å². The zero-order chi connectivity index (χ0) is 14.4. The van der Waals surface area contributed by atoms with Crippen LogP contribution in [0.4, 0.5) is 0 Å². The Morgan fingerprint density at radius 2 is 1.70 bits per heavy atom. The first kappa shape index (κ1) is 14.1. The number of hydrogen-bond acceptors (Lipinski definition) is 3. The smallest absolute Gasteiger partial charge is 0.255 e. The molecule has 0 aliphatic carbocycles. The van der Waals surface area contributed by atoms with Crippen LogP contribution in [0.5, 0.6) is 5.75 Å². The molecule has 1 amide bonds. The van der Waals surface area contributed by atoms with Crippen molar-refractivity contribution in [2.24, 2.45) is 11.5 Å². The number of ether oxygens (including phenoxy) is 1. The summed E-state index contributed by atoms with van der Waals surface area (Å²) >= 11 is 0. The molecule has 0 saturated heterocycles. The van der Waals surface area contributed by atoms with E-state index in [1.165, 1.54) is 0 Å². The van der Waals surface area contributed by atoms with Gasteiger partial charge in [0.1, 0.15) is 5.75 Å². The molecule has 0 heterocycles. The summed E-state index contributed by atoms with van der Waals surface area (Å²) in [6.07, 6.45) is 0.750. The van der Waals surface area contributed by atoms with Gasteiger partial charge < -0.3 is 16.2 Å². The SMILES string of the molecule is NC(=O)COc1ccc(CC(N)c2ccccc2)cc1. The van der Waals surface area contributed by atoms with E-state index >= 15 is 0 Å². The van der Waals surface area contributed by atoms with Crippen LogP contribution in [-0.2, 0) is 11.2 Å². The van der Waals surface area contributed by atoms with Gasteiger partial charge in [0.05, 0.1) is 0 Å². The molecule has 1 unspecified atom stereocenters. The van der Waals surface area contributed by atoms with E-state index in [4.69, 9.17) is 16.2 Å². The maximum atomic E-state index is 10.6. The molecule has 20 heavy (non-hydrogen) atoms. The van der Waals surface area contributed by atoms with E-state index in [-0.39, 0.29) is 12.6 Å². The van der Waals surface area contributed by atoms with E-state index in [1.807, 2.05) is 54.6 Å². The monoisotopic (exact) mass is 270 g/mol. The molecular weight excluding hydrogens is 252 g/mol. The zero-order valence-corrected chi connectivity index (χ0v) is 11.2. The third kappa shape index (κ3) is 4.10. The molecule has 2 rings (SSSR count). The van der Waals surface area contributed by atoms with Crippen LogP contribution < -0.4 is 16.2 Å². The molecule has 0 aliphatic heterocycles. The second-order valence-corrected chi connectivity index (χ2v) is 4.62. The molecule has 4 N–H and O–H groups in total. The molecular formula is C16H18N2O2. The Labute approximate surface area is 118 Å². The van der Waals surface area contributed by atoms with Crippen molar-refractivity contribution in [2.45, 2.75) is 12.5 Å². The summed E-state index contributed by atoms with van der Waals surface area (Å²) in [7, 11) is 0. The zero-order valence-electron chi connectivity index (χ0n) is 11.2. The summed E-state index contributed by atoms with van der Waals surface area (Å²) in [4.78, 5) is 10.6. The van der Waals surface area contributed by atoms with Crippen LogP contribution in [0.1, 0.15) is 17.2 Å². The number of carbonyl (C=O) groups excluding carboxylic acids is 1. The second-order valence-electron chi connectivity index (χ2n) is 4.62. The maximum absolute atomic E-state index is 10.6. The van der Waals surface area contributed by atoms with Crippen LogP contribution in [0.3, 0.4) is 0 Å². The predicted molar refractivity (Wildman–Crippen MR) is 78.2 cm³/mol. The highest BCUT2D eigenvalue weighted by molar-refractivity contribution is 5.75. The van der Waals surface area contributed by atoms with Crippen LogP contribution >= 0.6 is 0 Å². The van der Waals surface area contributed by atoms with Crippen molar-refractivity contribution in [1.29, 1.82) is 0 Å². The second kappa shape index (κ2) is 6.73. The van der Waals surface area contributed by atoms with Gasteiger partial charge in [-0.05, 0) is 29.7 Å². The van der Waals surface area contributed by atoms with Crippen molar-refractivity contribution in [3.63, 3.8) is 0 Å². The van der Waals surface area contributed by atoms with Crippen LogP contribution in [-0.4, -0.2) is 12.5 Å². The highest BCUT2D eigenvalue weighted by Crippen LogP contribution is 2.18. The Morgan fingerprint density at radius 3 is 2.30 bits per heavy atom. The lowest BCUT2D eigenvalue weighted by Gasteiger charge is -2.12. The van der Waals surface area contributed by atoms with Gasteiger partial charge >= 0.3 is 0 Å². The molecule has 0 aromatic heterocycles. The molecule has 4 heteroatoms. The normalized spacial score (nSPS) is 11.8. The van der Waals surface area contributed by atoms with E-state index in [0.29, 0.717) is 5.75 Å². The van der Waals surface area contributed by atoms with Gasteiger partial charge in [0.15, 0.2) is 6.61 Å². The minimum Gasteiger partial charge on any atom is -0.484 e. The van der Waals surface area contributed by atoms with Crippen molar-refractivity contribution in [3.05, 3.63) is 65.7 Å². The van der Waals surface area contributed by atoms with Gasteiger partial charge in [0.2, 0.25) is 0 Å². The Morgan fingerprint density at radius 1 is 1.05 bits per heavy atom. The number of carbonyl (C=O) groups is 1. The molecule has 2 aromatic carbocycles. The third-order valence-electron chi connectivity index (χ3n) is 2.99. The first-order valence-corrected chi connectivity index (χ1v) is 6.46. The molecule has 1 atom stereocenters. The van der Waals surface area contributed by atoms with Crippen molar-refractivity contribution >= 4 is 5.91 Å². The Kier molecular flexibility index (Phi) is 4.74. The fourth-order valence-corrected chi connectivity index (χ4v) is 1.95. The van der Waals surface area contributed by atoms with Gasteiger partial charge in [0.25, 0.3) is 5.91 Å². The molecule has 2 aromatic rings. The Hall–Kier alpha value is -2.33. The average molecular weight is 270 g/mol. The summed E-state index contributed by atoms with van der Waals surface area (Å²) < 4.78 is 5.21. The highest BCUT2D eigenvalue weighted by atomic mass is 16.5. The lowest BCUT2D eigenvalue weighted by Crippen LogP contribution is -2.20. The summed E-state index contributed by atoms with van der Waals surface area (Å²) in [5.41, 5.74) is 13.4. The Bertz CT molecular complexity index is 552. The summed E-state index contributed by atoms with van der Waals surface area (Å²) in [5.74, 6) is 0.140. The van der Waals surface area contributed by atoms with Crippen molar-refractivity contribution in [1.82, 2.24) is 0 Å². The predicted octanol–water partition coefficient (Wildman–Crippen LogP) is 1.79. The van der Waals surface area contributed by atoms with Gasteiger partial charge in [-0.1, -0.05) is 42.5 Å². The topological polar surface area (TPSA) is 78.3 Å². The first-order valence-electron chi connectivity index (χ1n) is 6.46. The fraction of sp³-hybridized carbons (Fsp3) is 0.188. The number of amides is 1. The van der Waals surface area contributed by atoms with Gasteiger partial charge in [-0.25, -0.2) is 0 Å². The molecule has 0 radical (unpaired) electrons. The van der Waals surface area contributed by atoms with E-state index in [0.717, 1.165) is 17.5 Å². The van der Waals surface area contributed by atoms with Gasteiger partial charge in [0, 0.05) is 6.04 Å². The largest absolute Gasteiger partial charge is 0.484 e. The lowest BCUT2D eigenvalue weighted by atomic mass is 10.00. The van der Waals surface area contributed by atoms with Crippen LogP contribution in [0.25, 0.3) is 0 Å². The van der Waals surface area contributed by atoms with Crippen LogP contribution in [0.15, 0.2) is 54.6 Å². The number of nitrogens with two attached hydrogens (primary N) is 2. The molecule has 0 aliphatic rings. The van der Waals surface area contributed by atoms with Crippen molar-refractivity contribution in [2.75, 3.05) is 6.61 Å². The van der Waals surface area contributed by atoms with Crippen LogP contribution in [0.2, 0.25) is 0 Å². The Balaban J connectivity index is 1.95. The van der Waals surface area contributed by atoms with E-state index < -0.39 is 5.91 Å². The molecule has 0 bridgehead atoms. The molecule has 104 valence electrons. The lowest BCUT2D eigenvalue weighted by molar-refractivity contribution is -0.119. The first-order chi connectivity index (χ1) is 9.65. The van der Waals surface area contributed by atoms with Gasteiger partial charge in [-0.3, -0.25) is 4.79 Å². The minimum absolute atomic E-state index is 0.0337. The quantitative estimate of drug-likeness (QED) is 0.840. The van der Waals surface area contributed by atoms with Crippen LogP contribution in [0, 0.1) is 0 Å². The van der Waals surface area contributed by atoms with Gasteiger partial charge in [-0.15, -0.1) is 0 Å². The number of benzene rings is 2. The average Bonchev–Trinajstić information content (AvgIpc) is 2.47. The molecule has 0 fully saturated rings. The van der Waals surface area contributed by atoms with Crippen molar-refractivity contribution < 1.29 is 9.53 Å². The number of primary amides is 1. The fourth-order valence-electron chi connectivity index (χ4n) is 1.95. The number of rotatable bonds is 6. The maximum Gasteiger partial charge on any atom is 0.255 e. The third-order valence-corrected chi connectivity index (χ3v) is 2.99. The van der Waals surface area contributed by atoms with Crippen molar-refractivity contribution in [3.8, 4) is 5.75 Å². The number of hydrogen-bond donors (Lipinski definition) is 2. The minimum atomic E-state index is -0.486. The molecule has 0 spiro atoms. The molecule has 0 saturated carbocycles. The van der Waals surface area contributed by atoms with E-state index in [1.54, 1.807) is 0 Å².